The lowest BCUT2D eigenvalue weighted by atomic mass is 9.85. The number of aromatic amines is 1. The van der Waals surface area contributed by atoms with Gasteiger partial charge in [0.05, 0.1) is 22.4 Å². The molecule has 0 spiro atoms. The Morgan fingerprint density at radius 2 is 1.63 bits per heavy atom. The smallest absolute Gasteiger partial charge is 0.336 e. The predicted octanol–water partition coefficient (Wildman–Crippen LogP) is 7.37. The molecule has 2 aliphatic heterocycles. The Morgan fingerprint density at radius 1 is 0.921 bits per heavy atom. The number of alkyl halides is 1. The number of carbonyl (C=O) groups is 3. The number of hydrogen-bond acceptors (Lipinski definition) is 9. The van der Waals surface area contributed by atoms with Gasteiger partial charge in [-0.05, 0) is 93.1 Å². The van der Waals surface area contributed by atoms with E-state index in [1.54, 1.807) is 12.3 Å². The van der Waals surface area contributed by atoms with Crippen LogP contribution in [0.25, 0.3) is 22.2 Å². The van der Waals surface area contributed by atoms with Crippen molar-refractivity contribution < 1.29 is 50.9 Å². The fourth-order valence-corrected chi connectivity index (χ4v) is 10.1. The maximum Gasteiger partial charge on any atom is 0.336 e. The van der Waals surface area contributed by atoms with Gasteiger partial charge in [0.15, 0.2) is 5.82 Å². The molecule has 4 N–H and O–H groups in total. The lowest BCUT2D eigenvalue weighted by Gasteiger charge is -2.46. The standard InChI is InChI=1S/C45H47F3N6O8S/c1-25(2)54(31-18-33(19-31)62-32-7-8-34(44(56)57)36(20-32)45(58)59)23-26-11-14-52(15-12-26)30-5-3-27(4-6-30)28-17-35-37(22-50-43(35)49-21-28)42(55)40-38(47)9-10-39(41(40)48)51-63(60,61)53-16-13-29(46)24-53/h3-10,17,20-22,25-26,29,31,33,51H,11-16,18-19,23-24H2,1-2H3,(H,49,50)(H,56,57)(H,58,59)/t29-,31-,33-/m1/s1. The van der Waals surface area contributed by atoms with Gasteiger partial charge in [-0.3, -0.25) is 14.4 Å². The number of aromatic nitrogens is 2. The fourth-order valence-electron chi connectivity index (χ4n) is 8.81. The molecule has 1 aliphatic carbocycles. The molecule has 8 rings (SSSR count). The quantitative estimate of drug-likeness (QED) is 0.0770. The van der Waals surface area contributed by atoms with Crippen LogP contribution in [0.1, 0.15) is 82.6 Å². The number of benzene rings is 3. The van der Waals surface area contributed by atoms with E-state index in [2.05, 4.69) is 33.6 Å². The molecule has 0 radical (unpaired) electrons. The number of ketones is 1. The highest BCUT2D eigenvalue weighted by Crippen LogP contribution is 2.35. The zero-order chi connectivity index (χ0) is 44.7. The van der Waals surface area contributed by atoms with Crippen LogP contribution in [0, 0.1) is 17.6 Å². The third-order valence-electron chi connectivity index (χ3n) is 12.4. The molecule has 5 aromatic rings. The second-order valence-electron chi connectivity index (χ2n) is 16.7. The zero-order valence-corrected chi connectivity index (χ0v) is 35.4. The summed E-state index contributed by atoms with van der Waals surface area (Å²) in [7, 11) is -4.36. The number of pyridine rings is 1. The summed E-state index contributed by atoms with van der Waals surface area (Å²) in [5.74, 6) is -5.36. The summed E-state index contributed by atoms with van der Waals surface area (Å²) in [6.07, 6.45) is 5.08. The molecular weight excluding hydrogens is 842 g/mol. The van der Waals surface area contributed by atoms with Crippen LogP contribution in [0.5, 0.6) is 5.75 Å². The third-order valence-corrected chi connectivity index (χ3v) is 13.9. The Balaban J connectivity index is 0.880. The van der Waals surface area contributed by atoms with Gasteiger partial charge in [0, 0.05) is 92.2 Å². The first-order chi connectivity index (χ1) is 30.1. The van der Waals surface area contributed by atoms with Crippen LogP contribution in [-0.2, 0) is 10.2 Å². The molecule has 2 saturated heterocycles. The van der Waals surface area contributed by atoms with Gasteiger partial charge >= 0.3 is 22.1 Å². The molecular formula is C45H47F3N6O8S. The Morgan fingerprint density at radius 3 is 2.29 bits per heavy atom. The molecule has 0 amide bonds. The van der Waals surface area contributed by atoms with Crippen molar-refractivity contribution in [2.45, 2.75) is 70.3 Å². The first kappa shape index (κ1) is 43.7. The lowest BCUT2D eigenvalue weighted by molar-refractivity contribution is -0.00663. The Bertz CT molecular complexity index is 2670. The van der Waals surface area contributed by atoms with Crippen molar-refractivity contribution in [3.8, 4) is 16.9 Å². The summed E-state index contributed by atoms with van der Waals surface area (Å²) in [5.41, 5.74) is 0.630. The number of nitrogens with zero attached hydrogens (tertiary/aromatic N) is 4. The molecule has 3 aliphatic rings. The Labute approximate surface area is 361 Å². The average Bonchev–Trinajstić information content (AvgIpc) is 3.89. The van der Waals surface area contributed by atoms with Gasteiger partial charge in [0.25, 0.3) is 0 Å². The van der Waals surface area contributed by atoms with Gasteiger partial charge < -0.3 is 24.8 Å². The van der Waals surface area contributed by atoms with Gasteiger partial charge in [0.1, 0.15) is 29.5 Å². The first-order valence-corrected chi connectivity index (χ1v) is 22.3. The van der Waals surface area contributed by atoms with Gasteiger partial charge in [-0.25, -0.2) is 27.7 Å². The zero-order valence-electron chi connectivity index (χ0n) is 34.6. The molecule has 4 heterocycles. The monoisotopic (exact) mass is 888 g/mol. The number of rotatable bonds is 15. The number of fused-ring (bicyclic) bond motifs is 1. The number of halogens is 3. The highest BCUT2D eigenvalue weighted by Gasteiger charge is 2.38. The number of carboxylic acids is 2. The van der Waals surface area contributed by atoms with Crippen LogP contribution < -0.4 is 14.4 Å². The SMILES string of the molecule is CC(C)N(CC1CCN(c2ccc(-c3cnc4[nH]cc(C(=O)c5c(F)ccc(NS(=O)(=O)N6CC[C@@H](F)C6)c5F)c4c3)cc2)CC1)[C@H]1C[C@H](Oc2ccc(C(=O)O)c(C(=O)O)c2)C1. The van der Waals surface area contributed by atoms with Crippen LogP contribution in [0.2, 0.25) is 0 Å². The van der Waals surface area contributed by atoms with Crippen LogP contribution in [0.15, 0.2) is 73.1 Å². The highest BCUT2D eigenvalue weighted by atomic mass is 32.2. The minimum atomic E-state index is -4.36. The van der Waals surface area contributed by atoms with Crippen molar-refractivity contribution in [2.75, 3.05) is 42.3 Å². The second-order valence-corrected chi connectivity index (χ2v) is 18.4. The summed E-state index contributed by atoms with van der Waals surface area (Å²) in [6, 6.07) is 16.0. The normalized spacial score (nSPS) is 19.7. The molecule has 14 nitrogen and oxygen atoms in total. The van der Waals surface area contributed by atoms with Crippen molar-refractivity contribution in [3.05, 3.63) is 107 Å². The minimum Gasteiger partial charge on any atom is -0.490 e. The molecule has 63 heavy (non-hydrogen) atoms. The van der Waals surface area contributed by atoms with Crippen molar-refractivity contribution >= 4 is 50.3 Å². The van der Waals surface area contributed by atoms with E-state index in [-0.39, 0.29) is 35.8 Å². The van der Waals surface area contributed by atoms with E-state index in [1.165, 1.54) is 24.4 Å². The number of carboxylic acid groups (broad SMARTS) is 2. The summed E-state index contributed by atoms with van der Waals surface area (Å²) in [5, 5.41) is 19.1. The molecule has 2 aromatic heterocycles. The number of hydrogen-bond donors (Lipinski definition) is 4. The molecule has 1 atom stereocenters. The minimum absolute atomic E-state index is 0.00215. The molecule has 0 unspecified atom stereocenters. The maximum atomic E-state index is 15.7. The summed E-state index contributed by atoms with van der Waals surface area (Å²) in [6.45, 7) is 6.57. The van der Waals surface area contributed by atoms with Gasteiger partial charge in [-0.1, -0.05) is 12.1 Å². The molecule has 332 valence electrons. The first-order valence-electron chi connectivity index (χ1n) is 20.9. The highest BCUT2D eigenvalue weighted by molar-refractivity contribution is 7.90. The van der Waals surface area contributed by atoms with Crippen molar-refractivity contribution in [1.29, 1.82) is 0 Å². The second kappa shape index (κ2) is 17.7. The van der Waals surface area contributed by atoms with Gasteiger partial charge in [-0.2, -0.15) is 12.7 Å². The fraction of sp³-hybridized carbons (Fsp3) is 0.378. The van der Waals surface area contributed by atoms with Crippen LogP contribution in [-0.4, -0.2) is 113 Å². The number of carbonyl (C=O) groups excluding carboxylic acids is 1. The number of piperidine rings is 1. The largest absolute Gasteiger partial charge is 0.490 e. The molecule has 3 fully saturated rings. The van der Waals surface area contributed by atoms with E-state index in [0.717, 1.165) is 73.0 Å². The summed E-state index contributed by atoms with van der Waals surface area (Å²) >= 11 is 0. The van der Waals surface area contributed by atoms with Crippen LogP contribution in [0.4, 0.5) is 24.5 Å². The van der Waals surface area contributed by atoms with Crippen molar-refractivity contribution in [3.63, 3.8) is 0 Å². The molecule has 18 heteroatoms. The Kier molecular flexibility index (Phi) is 12.2. The third kappa shape index (κ3) is 9.10. The number of H-pyrrole nitrogens is 1. The maximum absolute atomic E-state index is 15.7. The average molecular weight is 889 g/mol. The molecule has 1 saturated carbocycles. The van der Waals surface area contributed by atoms with Crippen molar-refractivity contribution in [1.82, 2.24) is 19.2 Å². The predicted molar refractivity (Wildman–Crippen MR) is 230 cm³/mol. The topological polar surface area (TPSA) is 185 Å². The van der Waals surface area contributed by atoms with E-state index >= 15 is 8.78 Å². The Hall–Kier alpha value is -5.98. The van der Waals surface area contributed by atoms with Crippen molar-refractivity contribution in [2.24, 2.45) is 5.92 Å². The van der Waals surface area contributed by atoms with E-state index in [4.69, 9.17) is 4.74 Å². The number of aromatic carboxylic acids is 2. The van der Waals surface area contributed by atoms with Gasteiger partial charge in [-0.15, -0.1) is 0 Å². The van der Waals surface area contributed by atoms with E-state index in [9.17, 15) is 37.4 Å². The van der Waals surface area contributed by atoms with E-state index < -0.39 is 63.5 Å². The van der Waals surface area contributed by atoms with Crippen LogP contribution >= 0.6 is 0 Å². The van der Waals surface area contributed by atoms with Gasteiger partial charge in [0.2, 0.25) is 5.78 Å². The molecule has 0 bridgehead atoms. The number of anilines is 2. The number of ether oxygens (including phenoxy) is 1. The molecule has 3 aromatic carbocycles. The van der Waals surface area contributed by atoms with Crippen LogP contribution in [0.3, 0.4) is 0 Å². The summed E-state index contributed by atoms with van der Waals surface area (Å²) < 4.78 is 79.1. The number of nitrogens with one attached hydrogen (secondary N) is 2. The van der Waals surface area contributed by atoms with E-state index in [0.29, 0.717) is 40.3 Å². The lowest BCUT2D eigenvalue weighted by Crippen LogP contribution is -2.53. The summed E-state index contributed by atoms with van der Waals surface area (Å²) in [4.78, 5) is 49.0. The van der Waals surface area contributed by atoms with E-state index in [1.807, 2.05) is 29.0 Å².